The van der Waals surface area contributed by atoms with Crippen LogP contribution in [0.1, 0.15) is 33.1 Å². The van der Waals surface area contributed by atoms with Crippen molar-refractivity contribution in [1.29, 1.82) is 0 Å². The lowest BCUT2D eigenvalue weighted by Gasteiger charge is -2.08. The Balaban J connectivity index is 2.23. The van der Waals surface area contributed by atoms with Gasteiger partial charge in [-0.15, -0.1) is 11.3 Å². The van der Waals surface area contributed by atoms with Crippen LogP contribution in [-0.2, 0) is 0 Å². The molecular weight excluding hydrogens is 288 g/mol. The maximum Gasteiger partial charge on any atom is 0.277 e. The number of thiazole rings is 1. The van der Waals surface area contributed by atoms with Crippen LogP contribution in [-0.4, -0.2) is 22.6 Å². The average Bonchev–Trinajstić information content (AvgIpc) is 2.86. The minimum atomic E-state index is -0.533. The van der Waals surface area contributed by atoms with E-state index in [9.17, 15) is 4.79 Å². The van der Waals surface area contributed by atoms with Crippen molar-refractivity contribution in [2.75, 3.05) is 6.61 Å². The molecule has 1 atom stereocenters. The van der Waals surface area contributed by atoms with E-state index in [0.29, 0.717) is 28.6 Å². The summed E-state index contributed by atoms with van der Waals surface area (Å²) in [7, 11) is 0. The molecule has 3 N–H and O–H groups in total. The van der Waals surface area contributed by atoms with Gasteiger partial charge in [-0.1, -0.05) is 6.92 Å². The van der Waals surface area contributed by atoms with E-state index in [1.165, 1.54) is 11.3 Å². The van der Waals surface area contributed by atoms with Gasteiger partial charge in [0.1, 0.15) is 11.9 Å². The highest BCUT2D eigenvalue weighted by atomic mass is 32.1. The summed E-state index contributed by atoms with van der Waals surface area (Å²) in [5.74, 6) is 2.85. The second kappa shape index (κ2) is 5.11. The number of primary amides is 1. The maximum atomic E-state index is 11.4. The molecule has 0 fully saturated rings. The molecule has 21 heavy (non-hydrogen) atoms. The molecule has 1 aliphatic rings. The smallest absolute Gasteiger partial charge is 0.277 e. The van der Waals surface area contributed by atoms with Crippen molar-refractivity contribution in [3.63, 3.8) is 0 Å². The third-order valence-electron chi connectivity index (χ3n) is 3.24. The van der Waals surface area contributed by atoms with Crippen LogP contribution in [0, 0.1) is 12.0 Å². The molecule has 0 bridgehead atoms. The van der Waals surface area contributed by atoms with Gasteiger partial charge in [0.25, 0.3) is 5.91 Å². The quantitative estimate of drug-likeness (QED) is 0.790. The largest absolute Gasteiger partial charge is 0.492 e. The number of aliphatic hydroxyl groups is 1. The number of amides is 1. The Hall–Kier alpha value is -2.52. The molecular formula is C15H12N2O3S. The maximum absolute atomic E-state index is 11.4. The van der Waals surface area contributed by atoms with Gasteiger partial charge in [-0.25, -0.2) is 4.98 Å². The van der Waals surface area contributed by atoms with Crippen LogP contribution in [0.2, 0.25) is 0 Å². The van der Waals surface area contributed by atoms with Crippen LogP contribution in [0.3, 0.4) is 0 Å². The molecule has 3 rings (SSSR count). The number of fused-ring (bicyclic) bond motifs is 3. The average molecular weight is 300 g/mol. The van der Waals surface area contributed by atoms with E-state index in [1.807, 2.05) is 13.0 Å². The summed E-state index contributed by atoms with van der Waals surface area (Å²) in [6.07, 6.45) is 1.88. The second-order valence-electron chi connectivity index (χ2n) is 4.76. The van der Waals surface area contributed by atoms with E-state index in [1.54, 1.807) is 18.2 Å². The molecule has 2 aromatic rings. The first kappa shape index (κ1) is 13.5. The molecule has 6 heteroatoms. The molecule has 1 unspecified atom stereocenters. The number of benzene rings is 1. The minimum Gasteiger partial charge on any atom is -0.492 e. The number of carbonyl (C=O) groups excluding carboxylic acids is 1. The van der Waals surface area contributed by atoms with Gasteiger partial charge < -0.3 is 15.6 Å². The predicted molar refractivity (Wildman–Crippen MR) is 78.8 cm³/mol. The Bertz CT molecular complexity index is 786. The van der Waals surface area contributed by atoms with E-state index in [0.717, 1.165) is 10.4 Å². The SMILES string of the molecule is CC1COc2ccc(C#CO)cc2-c2nc(C(N)=O)sc21. The van der Waals surface area contributed by atoms with Gasteiger partial charge in [0.2, 0.25) is 0 Å². The number of hydrogen-bond donors (Lipinski definition) is 2. The summed E-state index contributed by atoms with van der Waals surface area (Å²) in [6, 6.07) is 5.35. The van der Waals surface area contributed by atoms with Crippen LogP contribution in [0.15, 0.2) is 18.2 Å². The lowest BCUT2D eigenvalue weighted by atomic mass is 10.0. The lowest BCUT2D eigenvalue weighted by molar-refractivity contribution is 0.1000. The summed E-state index contributed by atoms with van der Waals surface area (Å²) in [6.45, 7) is 2.52. The van der Waals surface area contributed by atoms with Crippen molar-refractivity contribution >= 4 is 17.2 Å². The highest BCUT2D eigenvalue weighted by Gasteiger charge is 2.26. The number of rotatable bonds is 1. The number of nitrogens with zero attached hydrogens (tertiary/aromatic N) is 1. The van der Waals surface area contributed by atoms with Gasteiger partial charge in [-0.05, 0) is 24.1 Å². The van der Waals surface area contributed by atoms with E-state index in [2.05, 4.69) is 10.9 Å². The van der Waals surface area contributed by atoms with Crippen LogP contribution >= 0.6 is 11.3 Å². The number of nitrogens with two attached hydrogens (primary N) is 1. The Morgan fingerprint density at radius 3 is 3.10 bits per heavy atom. The van der Waals surface area contributed by atoms with Crippen LogP contribution in [0.4, 0.5) is 0 Å². The highest BCUT2D eigenvalue weighted by Crippen LogP contribution is 2.41. The second-order valence-corrected chi connectivity index (χ2v) is 5.79. The van der Waals surface area contributed by atoms with Gasteiger partial charge in [-0.2, -0.15) is 0 Å². The highest BCUT2D eigenvalue weighted by molar-refractivity contribution is 7.14. The number of aromatic nitrogens is 1. The van der Waals surface area contributed by atoms with E-state index in [4.69, 9.17) is 15.6 Å². The summed E-state index contributed by atoms with van der Waals surface area (Å²) in [5.41, 5.74) is 7.44. The zero-order chi connectivity index (χ0) is 15.0. The molecule has 0 radical (unpaired) electrons. The fourth-order valence-corrected chi connectivity index (χ4v) is 3.21. The minimum absolute atomic E-state index is 0.116. The zero-order valence-electron chi connectivity index (χ0n) is 11.2. The first-order valence-corrected chi connectivity index (χ1v) is 7.14. The van der Waals surface area contributed by atoms with Gasteiger partial charge in [-0.3, -0.25) is 4.79 Å². The van der Waals surface area contributed by atoms with Crippen molar-refractivity contribution in [1.82, 2.24) is 4.98 Å². The fraction of sp³-hybridized carbons (Fsp3) is 0.200. The standard InChI is InChI=1S/C15H12N2O3S/c1-8-7-20-11-3-2-9(4-5-18)6-10(11)12-13(8)21-15(17-12)14(16)19/h2-3,6,8,18H,7H2,1H3,(H2,16,19). The van der Waals surface area contributed by atoms with E-state index < -0.39 is 5.91 Å². The molecule has 1 aliphatic heterocycles. The number of carbonyl (C=O) groups is 1. The molecule has 1 aromatic heterocycles. The molecule has 0 aliphatic carbocycles. The zero-order valence-corrected chi connectivity index (χ0v) is 12.0. The molecule has 106 valence electrons. The van der Waals surface area contributed by atoms with Crippen molar-refractivity contribution in [3.05, 3.63) is 33.6 Å². The Morgan fingerprint density at radius 1 is 1.57 bits per heavy atom. The lowest BCUT2D eigenvalue weighted by Crippen LogP contribution is -2.10. The van der Waals surface area contributed by atoms with Crippen molar-refractivity contribution in [2.45, 2.75) is 12.8 Å². The topological polar surface area (TPSA) is 85.4 Å². The molecule has 0 saturated carbocycles. The van der Waals surface area contributed by atoms with Crippen molar-refractivity contribution in [3.8, 4) is 29.0 Å². The van der Waals surface area contributed by atoms with Crippen LogP contribution in [0.25, 0.3) is 11.3 Å². The monoisotopic (exact) mass is 300 g/mol. The van der Waals surface area contributed by atoms with Crippen molar-refractivity contribution in [2.24, 2.45) is 5.73 Å². The Morgan fingerprint density at radius 2 is 2.38 bits per heavy atom. The molecule has 0 saturated heterocycles. The van der Waals surface area contributed by atoms with E-state index in [-0.39, 0.29) is 5.92 Å². The van der Waals surface area contributed by atoms with Crippen LogP contribution in [0.5, 0.6) is 5.75 Å². The third-order valence-corrected chi connectivity index (χ3v) is 4.54. The normalized spacial score (nSPS) is 15.8. The summed E-state index contributed by atoms with van der Waals surface area (Å²) >= 11 is 1.30. The fourth-order valence-electron chi connectivity index (χ4n) is 2.24. The molecule has 1 aromatic carbocycles. The molecule has 2 heterocycles. The van der Waals surface area contributed by atoms with Gasteiger partial charge in [0, 0.05) is 21.9 Å². The molecule has 5 nitrogen and oxygen atoms in total. The summed E-state index contributed by atoms with van der Waals surface area (Å²) < 4.78 is 5.77. The Labute approximate surface area is 125 Å². The summed E-state index contributed by atoms with van der Waals surface area (Å²) in [5, 5.41) is 9.02. The molecule has 1 amide bonds. The summed E-state index contributed by atoms with van der Waals surface area (Å²) in [4.78, 5) is 16.7. The van der Waals surface area contributed by atoms with Crippen LogP contribution < -0.4 is 10.5 Å². The van der Waals surface area contributed by atoms with Gasteiger partial charge >= 0.3 is 0 Å². The third kappa shape index (κ3) is 2.32. The number of aliphatic hydroxyl groups excluding tert-OH is 1. The van der Waals surface area contributed by atoms with Crippen molar-refractivity contribution < 1.29 is 14.6 Å². The van der Waals surface area contributed by atoms with Gasteiger partial charge in [0.05, 0.1) is 12.3 Å². The van der Waals surface area contributed by atoms with E-state index >= 15 is 0 Å². The first-order chi connectivity index (χ1) is 10.1. The predicted octanol–water partition coefficient (Wildman–Crippen LogP) is 2.09. The first-order valence-electron chi connectivity index (χ1n) is 6.33. The van der Waals surface area contributed by atoms with Gasteiger partial charge in [0.15, 0.2) is 5.01 Å². The Kier molecular flexibility index (Phi) is 3.28. The molecule has 0 spiro atoms. The number of hydrogen-bond acceptors (Lipinski definition) is 5. The number of ether oxygens (including phenoxy) is 1.